The van der Waals surface area contributed by atoms with Gasteiger partial charge in [0.25, 0.3) is 10.0 Å². The van der Waals surface area contributed by atoms with E-state index >= 15 is 0 Å². The Bertz CT molecular complexity index is 1240. The summed E-state index contributed by atoms with van der Waals surface area (Å²) in [6.45, 7) is 0.546. The Morgan fingerprint density at radius 1 is 1.03 bits per heavy atom. The molecule has 0 saturated carbocycles. The molecule has 7 nitrogen and oxygen atoms in total. The van der Waals surface area contributed by atoms with Crippen LogP contribution in [0, 0.1) is 0 Å². The van der Waals surface area contributed by atoms with Crippen LogP contribution in [-0.4, -0.2) is 42.8 Å². The fourth-order valence-electron chi connectivity index (χ4n) is 2.57. The van der Waals surface area contributed by atoms with Crippen molar-refractivity contribution in [1.82, 2.24) is 3.97 Å². The summed E-state index contributed by atoms with van der Waals surface area (Å²) in [4.78, 5) is 8.45. The molecule has 0 radical (unpaired) electrons. The third-order valence-electron chi connectivity index (χ3n) is 3.99. The Balaban J connectivity index is 0.000000479. The first-order valence-electron chi connectivity index (χ1n) is 8.85. The highest BCUT2D eigenvalue weighted by Crippen LogP contribution is 2.33. The van der Waals surface area contributed by atoms with Crippen LogP contribution in [0.5, 0.6) is 5.75 Å². The van der Waals surface area contributed by atoms with Gasteiger partial charge in [0, 0.05) is 18.1 Å². The van der Waals surface area contributed by atoms with Crippen molar-refractivity contribution < 1.29 is 49.4 Å². The smallest absolute Gasteiger partial charge is 0.490 e. The molecule has 3 rings (SSSR count). The van der Waals surface area contributed by atoms with Gasteiger partial charge in [-0.2, -0.15) is 26.3 Å². The van der Waals surface area contributed by atoms with Crippen LogP contribution in [0.25, 0.3) is 10.9 Å². The number of carboxylic acids is 1. The standard InChI is InChI=1S/C17H15F3N2O3S.C2HF3O2/c18-17(19,20)12-3-1-4-13(11-12)26(23,24)22-9-7-14-15(22)5-2-6-16(14)25-10-8-21;3-2(4,5)1(6)7/h1-7,9,11H,8,10,21H2;(H,6,7). The molecule has 2 aromatic carbocycles. The second-order valence-electron chi connectivity index (χ2n) is 6.27. The number of benzene rings is 2. The molecule has 0 saturated heterocycles. The van der Waals surface area contributed by atoms with Gasteiger partial charge in [-0.15, -0.1) is 0 Å². The number of carbonyl (C=O) groups is 1. The highest BCUT2D eigenvalue weighted by molar-refractivity contribution is 7.90. The molecule has 14 heteroatoms. The summed E-state index contributed by atoms with van der Waals surface area (Å²) in [7, 11) is -4.21. The molecule has 0 amide bonds. The number of rotatable bonds is 5. The molecule has 0 aliphatic heterocycles. The average Bonchev–Trinajstić information content (AvgIpc) is 3.17. The number of fused-ring (bicyclic) bond motifs is 1. The van der Waals surface area contributed by atoms with Crippen molar-refractivity contribution in [2.75, 3.05) is 13.2 Å². The summed E-state index contributed by atoms with van der Waals surface area (Å²) in [6.07, 6.45) is -8.43. The Morgan fingerprint density at radius 2 is 1.64 bits per heavy atom. The molecule has 1 heterocycles. The number of halogens is 6. The first-order valence-corrected chi connectivity index (χ1v) is 10.3. The number of aliphatic carboxylic acids is 1. The zero-order chi connectivity index (χ0) is 25.0. The van der Waals surface area contributed by atoms with Crippen LogP contribution in [0.2, 0.25) is 0 Å². The van der Waals surface area contributed by atoms with Gasteiger partial charge in [0.2, 0.25) is 0 Å². The monoisotopic (exact) mass is 498 g/mol. The lowest BCUT2D eigenvalue weighted by Crippen LogP contribution is -2.21. The van der Waals surface area contributed by atoms with Crippen LogP contribution in [0.4, 0.5) is 26.3 Å². The molecule has 0 bridgehead atoms. The van der Waals surface area contributed by atoms with E-state index in [9.17, 15) is 34.8 Å². The van der Waals surface area contributed by atoms with Gasteiger partial charge in [0.15, 0.2) is 0 Å². The number of hydrogen-bond acceptors (Lipinski definition) is 5. The Morgan fingerprint density at radius 3 is 2.18 bits per heavy atom. The fourth-order valence-corrected chi connectivity index (χ4v) is 3.96. The number of aromatic nitrogens is 1. The third kappa shape index (κ3) is 6.16. The zero-order valence-corrected chi connectivity index (χ0v) is 17.2. The lowest BCUT2D eigenvalue weighted by molar-refractivity contribution is -0.192. The number of ether oxygens (including phenoxy) is 1. The van der Waals surface area contributed by atoms with Crippen molar-refractivity contribution in [2.24, 2.45) is 5.73 Å². The molecular formula is C19H16F6N2O5S. The number of nitrogens with two attached hydrogens (primary N) is 1. The topological polar surface area (TPSA) is 112 Å². The van der Waals surface area contributed by atoms with Gasteiger partial charge < -0.3 is 15.6 Å². The summed E-state index contributed by atoms with van der Waals surface area (Å²) in [6, 6.07) is 10.00. The van der Waals surface area contributed by atoms with E-state index in [1.807, 2.05) is 0 Å². The molecule has 0 aliphatic carbocycles. The highest BCUT2D eigenvalue weighted by atomic mass is 32.2. The minimum atomic E-state index is -5.08. The summed E-state index contributed by atoms with van der Waals surface area (Å²) in [5, 5.41) is 7.65. The van der Waals surface area contributed by atoms with Gasteiger partial charge in [-0.1, -0.05) is 12.1 Å². The summed E-state index contributed by atoms with van der Waals surface area (Å²) in [5.74, 6) is -2.31. The van der Waals surface area contributed by atoms with E-state index in [2.05, 4.69) is 0 Å². The van der Waals surface area contributed by atoms with Crippen molar-refractivity contribution in [3.05, 3.63) is 60.3 Å². The van der Waals surface area contributed by atoms with E-state index in [0.29, 0.717) is 29.3 Å². The normalized spacial score (nSPS) is 12.2. The summed E-state index contributed by atoms with van der Waals surface area (Å²) < 4.78 is 103. The van der Waals surface area contributed by atoms with Crippen molar-refractivity contribution in [3.63, 3.8) is 0 Å². The maximum atomic E-state index is 12.9. The van der Waals surface area contributed by atoms with Crippen LogP contribution < -0.4 is 10.5 Å². The van der Waals surface area contributed by atoms with Gasteiger partial charge in [-0.25, -0.2) is 17.2 Å². The predicted octanol–water partition coefficient (Wildman–Crippen LogP) is 3.87. The molecule has 3 aromatic rings. The zero-order valence-electron chi connectivity index (χ0n) is 16.4. The van der Waals surface area contributed by atoms with Crippen LogP contribution in [0.1, 0.15) is 5.56 Å². The predicted molar refractivity (Wildman–Crippen MR) is 104 cm³/mol. The van der Waals surface area contributed by atoms with E-state index in [0.717, 1.165) is 22.2 Å². The SMILES string of the molecule is NCCOc1cccc2c1ccn2S(=O)(=O)c1cccc(C(F)(F)F)c1.O=C(O)C(F)(F)F. The highest BCUT2D eigenvalue weighted by Gasteiger charge is 2.38. The number of alkyl halides is 6. The van der Waals surface area contributed by atoms with Crippen molar-refractivity contribution in [3.8, 4) is 5.75 Å². The summed E-state index contributed by atoms with van der Waals surface area (Å²) >= 11 is 0. The van der Waals surface area contributed by atoms with Gasteiger partial charge >= 0.3 is 18.3 Å². The largest absolute Gasteiger partial charge is 0.492 e. The molecule has 0 atom stereocenters. The average molecular weight is 498 g/mol. The Kier molecular flexibility index (Phi) is 7.64. The van der Waals surface area contributed by atoms with E-state index in [4.69, 9.17) is 20.4 Å². The van der Waals surface area contributed by atoms with Crippen molar-refractivity contribution >= 4 is 26.9 Å². The molecule has 0 fully saturated rings. The fraction of sp³-hybridized carbons (Fsp3) is 0.211. The van der Waals surface area contributed by atoms with Crippen LogP contribution in [0.3, 0.4) is 0 Å². The lowest BCUT2D eigenvalue weighted by Gasteiger charge is -2.11. The van der Waals surface area contributed by atoms with E-state index in [1.165, 1.54) is 12.3 Å². The molecule has 3 N–H and O–H groups in total. The van der Waals surface area contributed by atoms with Crippen LogP contribution >= 0.6 is 0 Å². The maximum absolute atomic E-state index is 12.9. The summed E-state index contributed by atoms with van der Waals surface area (Å²) in [5.41, 5.74) is 4.68. The quantitative estimate of drug-likeness (QED) is 0.517. The third-order valence-corrected chi connectivity index (χ3v) is 5.68. The lowest BCUT2D eigenvalue weighted by atomic mass is 10.2. The molecular weight excluding hydrogens is 482 g/mol. The second kappa shape index (κ2) is 9.70. The Labute approximate surface area is 183 Å². The van der Waals surface area contributed by atoms with Gasteiger partial charge in [-0.05, 0) is 36.4 Å². The van der Waals surface area contributed by atoms with Gasteiger partial charge in [0.05, 0.1) is 16.0 Å². The first-order chi connectivity index (χ1) is 15.2. The minimum absolute atomic E-state index is 0.255. The Hall–Kier alpha value is -3.26. The van der Waals surface area contributed by atoms with Crippen molar-refractivity contribution in [1.29, 1.82) is 0 Å². The number of carboxylic acid groups (broad SMARTS) is 1. The number of hydrogen-bond donors (Lipinski definition) is 2. The minimum Gasteiger partial charge on any atom is -0.492 e. The van der Waals surface area contributed by atoms with E-state index in [-0.39, 0.29) is 6.61 Å². The number of nitrogens with zero attached hydrogens (tertiary/aromatic N) is 1. The molecule has 0 unspecified atom stereocenters. The van der Waals surface area contributed by atoms with Crippen LogP contribution in [-0.2, 0) is 21.0 Å². The maximum Gasteiger partial charge on any atom is 0.490 e. The van der Waals surface area contributed by atoms with Gasteiger partial charge in [0.1, 0.15) is 12.4 Å². The van der Waals surface area contributed by atoms with Gasteiger partial charge in [-0.3, -0.25) is 0 Å². The molecule has 180 valence electrons. The van der Waals surface area contributed by atoms with Crippen molar-refractivity contribution in [2.45, 2.75) is 17.2 Å². The molecule has 0 aliphatic rings. The molecule has 33 heavy (non-hydrogen) atoms. The van der Waals surface area contributed by atoms with E-state index < -0.39 is 38.8 Å². The molecule has 1 aromatic heterocycles. The first kappa shape index (κ1) is 26.0. The molecule has 0 spiro atoms. The van der Waals surface area contributed by atoms with Crippen LogP contribution in [0.15, 0.2) is 59.6 Å². The second-order valence-corrected chi connectivity index (χ2v) is 8.09. The van der Waals surface area contributed by atoms with E-state index in [1.54, 1.807) is 18.2 Å².